The van der Waals surface area contributed by atoms with Gasteiger partial charge in [-0.3, -0.25) is 4.79 Å². The van der Waals surface area contributed by atoms with Crippen LogP contribution in [0, 0.1) is 6.92 Å². The minimum Gasteiger partial charge on any atom is -0.354 e. The normalized spacial score (nSPS) is 12.3. The molecule has 0 bridgehead atoms. The fourth-order valence-electron chi connectivity index (χ4n) is 2.13. The lowest BCUT2D eigenvalue weighted by Gasteiger charge is -2.18. The van der Waals surface area contributed by atoms with Crippen molar-refractivity contribution in [2.24, 2.45) is 0 Å². The van der Waals surface area contributed by atoms with Gasteiger partial charge in [0.1, 0.15) is 6.04 Å². The molecule has 0 saturated carbocycles. The monoisotopic (exact) mass is 323 g/mol. The molecule has 0 saturated heterocycles. The molecular weight excluding hydrogens is 302 g/mol. The number of nitrogens with one attached hydrogen (secondary N) is 1. The van der Waals surface area contributed by atoms with Crippen molar-refractivity contribution in [1.29, 1.82) is 0 Å². The van der Waals surface area contributed by atoms with Gasteiger partial charge in [-0.2, -0.15) is 11.8 Å². The van der Waals surface area contributed by atoms with E-state index in [4.69, 9.17) is 0 Å². The largest absolute Gasteiger partial charge is 0.354 e. The standard InChI is InChI=1S/C15H21N3OS2/c1-12-11-21-14(17-12)5-7-16-15(19)13(6-10-20-2)18-8-3-4-9-18/h3-4,8-9,11,13H,5-7,10H2,1-2H3,(H,16,19). The number of thioether (sulfide) groups is 1. The Morgan fingerprint density at radius 3 is 2.86 bits per heavy atom. The van der Waals surface area contributed by atoms with Crippen LogP contribution in [0.25, 0.3) is 0 Å². The molecule has 21 heavy (non-hydrogen) atoms. The maximum Gasteiger partial charge on any atom is 0.243 e. The van der Waals surface area contributed by atoms with Crippen molar-refractivity contribution in [3.63, 3.8) is 0 Å². The summed E-state index contributed by atoms with van der Waals surface area (Å²) in [7, 11) is 0. The van der Waals surface area contributed by atoms with Crippen LogP contribution in [-0.2, 0) is 11.2 Å². The Morgan fingerprint density at radius 1 is 1.48 bits per heavy atom. The van der Waals surface area contributed by atoms with Crippen molar-refractivity contribution in [2.75, 3.05) is 18.6 Å². The first-order chi connectivity index (χ1) is 10.2. The van der Waals surface area contributed by atoms with Crippen LogP contribution < -0.4 is 5.32 Å². The second-order valence-corrected chi connectivity index (χ2v) is 6.78. The maximum absolute atomic E-state index is 12.4. The van der Waals surface area contributed by atoms with Gasteiger partial charge in [-0.15, -0.1) is 11.3 Å². The second kappa shape index (κ2) is 8.24. The molecule has 2 rings (SSSR count). The van der Waals surface area contributed by atoms with Crippen LogP contribution in [0.4, 0.5) is 0 Å². The first-order valence-electron chi connectivity index (χ1n) is 7.01. The van der Waals surface area contributed by atoms with E-state index in [1.165, 1.54) is 0 Å². The van der Waals surface area contributed by atoms with E-state index in [1.807, 2.05) is 41.4 Å². The number of amides is 1. The number of aryl methyl sites for hydroxylation is 1. The third-order valence-electron chi connectivity index (χ3n) is 3.19. The highest BCUT2D eigenvalue weighted by Crippen LogP contribution is 2.15. The van der Waals surface area contributed by atoms with Crippen LogP contribution in [0.1, 0.15) is 23.2 Å². The molecule has 0 aliphatic heterocycles. The Hall–Kier alpha value is -1.27. The molecule has 0 aliphatic rings. The topological polar surface area (TPSA) is 46.9 Å². The fourth-order valence-corrected chi connectivity index (χ4v) is 3.36. The molecule has 1 N–H and O–H groups in total. The summed E-state index contributed by atoms with van der Waals surface area (Å²) in [5, 5.41) is 6.15. The summed E-state index contributed by atoms with van der Waals surface area (Å²) in [4.78, 5) is 16.8. The van der Waals surface area contributed by atoms with Crippen molar-refractivity contribution in [3.8, 4) is 0 Å². The number of hydrogen-bond donors (Lipinski definition) is 1. The van der Waals surface area contributed by atoms with E-state index in [0.29, 0.717) is 6.54 Å². The molecule has 0 radical (unpaired) electrons. The number of thiazole rings is 1. The minimum atomic E-state index is -0.120. The van der Waals surface area contributed by atoms with E-state index in [9.17, 15) is 4.79 Å². The summed E-state index contributed by atoms with van der Waals surface area (Å²) in [6.45, 7) is 2.63. The Morgan fingerprint density at radius 2 is 2.24 bits per heavy atom. The van der Waals surface area contributed by atoms with E-state index < -0.39 is 0 Å². The van der Waals surface area contributed by atoms with E-state index in [-0.39, 0.29) is 11.9 Å². The van der Waals surface area contributed by atoms with E-state index >= 15 is 0 Å². The van der Waals surface area contributed by atoms with Gasteiger partial charge in [0.2, 0.25) is 5.91 Å². The number of carbonyl (C=O) groups excluding carboxylic acids is 1. The molecule has 2 heterocycles. The zero-order chi connectivity index (χ0) is 15.1. The predicted molar refractivity (Wildman–Crippen MR) is 90.0 cm³/mol. The molecule has 1 amide bonds. The lowest BCUT2D eigenvalue weighted by molar-refractivity contribution is -0.124. The maximum atomic E-state index is 12.4. The Labute approximate surface area is 134 Å². The number of carbonyl (C=O) groups is 1. The van der Waals surface area contributed by atoms with Crippen molar-refractivity contribution in [1.82, 2.24) is 14.9 Å². The van der Waals surface area contributed by atoms with E-state index in [1.54, 1.807) is 23.1 Å². The van der Waals surface area contributed by atoms with Crippen LogP contribution in [0.5, 0.6) is 0 Å². The van der Waals surface area contributed by atoms with E-state index in [2.05, 4.69) is 16.6 Å². The third-order valence-corrected chi connectivity index (χ3v) is 4.86. The molecule has 0 fully saturated rings. The molecule has 0 aliphatic carbocycles. The van der Waals surface area contributed by atoms with Crippen molar-refractivity contribution < 1.29 is 4.79 Å². The van der Waals surface area contributed by atoms with Gasteiger partial charge in [-0.1, -0.05) is 0 Å². The number of aromatic nitrogens is 2. The van der Waals surface area contributed by atoms with Gasteiger partial charge in [0.15, 0.2) is 0 Å². The first-order valence-corrected chi connectivity index (χ1v) is 9.28. The zero-order valence-corrected chi connectivity index (χ0v) is 14.0. The molecule has 1 unspecified atom stereocenters. The number of rotatable bonds is 8. The molecule has 6 heteroatoms. The summed E-state index contributed by atoms with van der Waals surface area (Å²) < 4.78 is 1.99. The van der Waals surface area contributed by atoms with Gasteiger partial charge in [0.25, 0.3) is 0 Å². The van der Waals surface area contributed by atoms with Crippen molar-refractivity contribution >= 4 is 29.0 Å². The predicted octanol–water partition coefficient (Wildman–Crippen LogP) is 2.91. The second-order valence-electron chi connectivity index (χ2n) is 4.85. The molecule has 1 atom stereocenters. The van der Waals surface area contributed by atoms with Gasteiger partial charge in [0.05, 0.1) is 5.01 Å². The molecule has 4 nitrogen and oxygen atoms in total. The zero-order valence-electron chi connectivity index (χ0n) is 12.4. The Bertz CT molecular complexity index is 551. The lowest BCUT2D eigenvalue weighted by atomic mass is 10.2. The van der Waals surface area contributed by atoms with Gasteiger partial charge in [0, 0.05) is 36.4 Å². The highest BCUT2D eigenvalue weighted by molar-refractivity contribution is 7.98. The van der Waals surface area contributed by atoms with Gasteiger partial charge < -0.3 is 9.88 Å². The van der Waals surface area contributed by atoms with Crippen LogP contribution in [0.2, 0.25) is 0 Å². The van der Waals surface area contributed by atoms with Crippen LogP contribution in [-0.4, -0.2) is 34.0 Å². The minimum absolute atomic E-state index is 0.0912. The number of nitrogens with zero attached hydrogens (tertiary/aromatic N) is 2. The Balaban J connectivity index is 1.86. The van der Waals surface area contributed by atoms with Crippen molar-refractivity contribution in [2.45, 2.75) is 25.8 Å². The quantitative estimate of drug-likeness (QED) is 0.812. The van der Waals surface area contributed by atoms with E-state index in [0.717, 1.165) is 29.3 Å². The van der Waals surface area contributed by atoms with Crippen LogP contribution >= 0.6 is 23.1 Å². The van der Waals surface area contributed by atoms with Crippen LogP contribution in [0.3, 0.4) is 0 Å². The summed E-state index contributed by atoms with van der Waals surface area (Å²) in [5.74, 6) is 1.07. The molecule has 0 spiro atoms. The summed E-state index contributed by atoms with van der Waals surface area (Å²) in [6, 6.07) is 3.79. The first kappa shape index (κ1) is 16.1. The Kier molecular flexibility index (Phi) is 6.32. The highest BCUT2D eigenvalue weighted by Gasteiger charge is 2.18. The molecule has 0 aromatic carbocycles. The SMILES string of the molecule is CSCCC(C(=O)NCCc1nc(C)cs1)n1cccc1. The molecule has 2 aromatic rings. The molecule has 114 valence electrons. The summed E-state index contributed by atoms with van der Waals surface area (Å²) >= 11 is 3.42. The fraction of sp³-hybridized carbons (Fsp3) is 0.467. The van der Waals surface area contributed by atoms with Gasteiger partial charge in [-0.05, 0) is 37.5 Å². The number of hydrogen-bond acceptors (Lipinski definition) is 4. The molecule has 2 aromatic heterocycles. The smallest absolute Gasteiger partial charge is 0.243 e. The van der Waals surface area contributed by atoms with Gasteiger partial charge >= 0.3 is 0 Å². The summed E-state index contributed by atoms with van der Waals surface area (Å²) in [6.07, 6.45) is 7.61. The lowest BCUT2D eigenvalue weighted by Crippen LogP contribution is -2.33. The third kappa shape index (κ3) is 4.89. The van der Waals surface area contributed by atoms with Crippen molar-refractivity contribution in [3.05, 3.63) is 40.6 Å². The van der Waals surface area contributed by atoms with Crippen LogP contribution in [0.15, 0.2) is 29.9 Å². The average Bonchev–Trinajstić information content (AvgIpc) is 3.11. The summed E-state index contributed by atoms with van der Waals surface area (Å²) in [5.41, 5.74) is 1.05. The average molecular weight is 323 g/mol. The molecular formula is C15H21N3OS2. The highest BCUT2D eigenvalue weighted by atomic mass is 32.2. The van der Waals surface area contributed by atoms with Gasteiger partial charge in [-0.25, -0.2) is 4.98 Å².